The number of hydrogen-bond acceptors (Lipinski definition) is 2. The van der Waals surface area contributed by atoms with Gasteiger partial charge in [0.1, 0.15) is 0 Å². The van der Waals surface area contributed by atoms with Crippen molar-refractivity contribution in [3.8, 4) is 0 Å². The van der Waals surface area contributed by atoms with Gasteiger partial charge in [-0.1, -0.05) is 15.9 Å². The number of nitrogens with one attached hydrogen (secondary N) is 1. The van der Waals surface area contributed by atoms with Gasteiger partial charge in [-0.25, -0.2) is 0 Å². The molecule has 0 bridgehead atoms. The molecule has 2 aromatic rings. The fourth-order valence-electron chi connectivity index (χ4n) is 1.81. The quantitative estimate of drug-likeness (QED) is 0.823. The second-order valence-corrected chi connectivity index (χ2v) is 4.68. The van der Waals surface area contributed by atoms with E-state index in [0.29, 0.717) is 15.4 Å². The molecule has 17 heavy (non-hydrogen) atoms. The minimum atomic E-state index is -4.50. The van der Waals surface area contributed by atoms with Crippen LogP contribution in [0.15, 0.2) is 39.1 Å². The first kappa shape index (κ1) is 10.8. The number of alkyl halides is 3. The summed E-state index contributed by atoms with van der Waals surface area (Å²) in [6.07, 6.45) is -3.19. The fourth-order valence-corrected chi connectivity index (χ4v) is 2.17. The molecule has 0 spiro atoms. The van der Waals surface area contributed by atoms with E-state index in [-0.39, 0.29) is 5.56 Å². The van der Waals surface area contributed by atoms with Crippen LogP contribution in [0.2, 0.25) is 0 Å². The molecule has 0 radical (unpaired) electrons. The van der Waals surface area contributed by atoms with Crippen LogP contribution < -0.4 is 0 Å². The smallest absolute Gasteiger partial charge is 0.361 e. The Morgan fingerprint density at radius 2 is 1.94 bits per heavy atom. The number of halogens is 4. The van der Waals surface area contributed by atoms with Crippen molar-refractivity contribution >= 4 is 26.8 Å². The molecule has 1 aromatic carbocycles. The Morgan fingerprint density at radius 3 is 2.53 bits per heavy atom. The molecule has 2 heterocycles. The zero-order valence-corrected chi connectivity index (χ0v) is 9.80. The molecule has 88 valence electrons. The average Bonchev–Trinajstić information content (AvgIpc) is 2.94. The van der Waals surface area contributed by atoms with E-state index in [4.69, 9.17) is 0 Å². The van der Waals surface area contributed by atoms with Gasteiger partial charge in [0, 0.05) is 27.1 Å². The molecule has 1 aromatic heterocycles. The molecule has 0 aliphatic carbocycles. The average molecular weight is 304 g/mol. The second-order valence-electron chi connectivity index (χ2n) is 3.76. The SMILES string of the molecule is FC(F)(F)C1(c2c[nH]c3ccc(Br)cc23)N=N1. The highest BCUT2D eigenvalue weighted by molar-refractivity contribution is 9.10. The lowest BCUT2D eigenvalue weighted by molar-refractivity contribution is -0.165. The fraction of sp³-hybridized carbons (Fsp3) is 0.200. The Kier molecular flexibility index (Phi) is 1.96. The Hall–Kier alpha value is -1.37. The Labute approximate surface area is 102 Å². The molecule has 1 aliphatic heterocycles. The lowest BCUT2D eigenvalue weighted by Gasteiger charge is -2.13. The Balaban J connectivity index is 2.22. The molecule has 0 unspecified atom stereocenters. The largest absolute Gasteiger partial charge is 0.442 e. The topological polar surface area (TPSA) is 40.5 Å². The van der Waals surface area contributed by atoms with Crippen LogP contribution in [-0.4, -0.2) is 11.2 Å². The molecular weight excluding hydrogens is 299 g/mol. The number of H-pyrrole nitrogens is 1. The molecule has 0 amide bonds. The van der Waals surface area contributed by atoms with Gasteiger partial charge in [-0.05, 0) is 18.2 Å². The normalized spacial score (nSPS) is 17.6. The van der Waals surface area contributed by atoms with Gasteiger partial charge in [0.2, 0.25) is 0 Å². The molecule has 3 nitrogen and oxygen atoms in total. The number of benzene rings is 1. The molecule has 3 rings (SSSR count). The van der Waals surface area contributed by atoms with Crippen LogP contribution in [0.4, 0.5) is 13.2 Å². The van der Waals surface area contributed by atoms with Crippen LogP contribution >= 0.6 is 15.9 Å². The van der Waals surface area contributed by atoms with Gasteiger partial charge in [-0.15, -0.1) is 10.2 Å². The van der Waals surface area contributed by atoms with Gasteiger partial charge in [0.05, 0.1) is 0 Å². The Morgan fingerprint density at radius 1 is 1.24 bits per heavy atom. The summed E-state index contributed by atoms with van der Waals surface area (Å²) < 4.78 is 39.3. The highest BCUT2D eigenvalue weighted by atomic mass is 79.9. The zero-order valence-electron chi connectivity index (χ0n) is 8.22. The van der Waals surface area contributed by atoms with E-state index in [1.807, 2.05) is 0 Å². The van der Waals surface area contributed by atoms with Crippen molar-refractivity contribution in [2.75, 3.05) is 0 Å². The van der Waals surface area contributed by atoms with E-state index in [0.717, 1.165) is 0 Å². The zero-order chi connectivity index (χ0) is 12.3. The minimum Gasteiger partial charge on any atom is -0.361 e. The van der Waals surface area contributed by atoms with Gasteiger partial charge in [0.15, 0.2) is 0 Å². The lowest BCUT2D eigenvalue weighted by Crippen LogP contribution is -2.29. The number of hydrogen-bond donors (Lipinski definition) is 1. The van der Waals surface area contributed by atoms with Crippen LogP contribution in [0.1, 0.15) is 5.56 Å². The number of nitrogens with zero attached hydrogens (tertiary/aromatic N) is 2. The maximum atomic E-state index is 12.9. The third-order valence-corrected chi connectivity index (χ3v) is 3.21. The van der Waals surface area contributed by atoms with E-state index in [1.54, 1.807) is 18.2 Å². The highest BCUT2D eigenvalue weighted by Gasteiger charge is 2.66. The molecule has 0 saturated heterocycles. The minimum absolute atomic E-state index is 0.0429. The number of fused-ring (bicyclic) bond motifs is 1. The van der Waals surface area contributed by atoms with E-state index in [2.05, 4.69) is 31.1 Å². The number of aromatic amines is 1. The molecule has 1 N–H and O–H groups in total. The molecule has 7 heteroatoms. The molecule has 0 fully saturated rings. The highest BCUT2D eigenvalue weighted by Crippen LogP contribution is 2.54. The summed E-state index contributed by atoms with van der Waals surface area (Å²) in [5.74, 6) is 0. The van der Waals surface area contributed by atoms with Gasteiger partial charge in [-0.2, -0.15) is 13.2 Å². The van der Waals surface area contributed by atoms with Crippen LogP contribution in [0.5, 0.6) is 0 Å². The molecule has 0 saturated carbocycles. The van der Waals surface area contributed by atoms with Gasteiger partial charge in [0.25, 0.3) is 0 Å². The van der Waals surface area contributed by atoms with E-state index in [9.17, 15) is 13.2 Å². The van der Waals surface area contributed by atoms with E-state index >= 15 is 0 Å². The first-order valence-corrected chi connectivity index (χ1v) is 5.51. The standard InChI is InChI=1S/C10H5BrF3N3/c11-5-1-2-8-6(3-5)7(4-15-8)9(16-17-9)10(12,13)14/h1-4,15H. The third kappa shape index (κ3) is 1.41. The van der Waals surface area contributed by atoms with Crippen molar-refractivity contribution in [1.82, 2.24) is 4.98 Å². The van der Waals surface area contributed by atoms with Gasteiger partial charge >= 0.3 is 11.8 Å². The summed E-state index contributed by atoms with van der Waals surface area (Å²) in [6.45, 7) is 0. The number of aromatic nitrogens is 1. The first-order chi connectivity index (χ1) is 7.94. The number of rotatable bonds is 1. The second kappa shape index (κ2) is 3.10. The summed E-state index contributed by atoms with van der Waals surface area (Å²) >= 11 is 3.23. The van der Waals surface area contributed by atoms with E-state index in [1.165, 1.54) is 6.20 Å². The van der Waals surface area contributed by atoms with Crippen LogP contribution in [0, 0.1) is 0 Å². The maximum Gasteiger partial charge on any atom is 0.442 e. The van der Waals surface area contributed by atoms with Crippen molar-refractivity contribution in [3.05, 3.63) is 34.4 Å². The summed E-state index contributed by atoms with van der Waals surface area (Å²) in [5, 5.41) is 6.86. The molecular formula is C10H5BrF3N3. The molecule has 0 atom stereocenters. The van der Waals surface area contributed by atoms with Crippen molar-refractivity contribution in [3.63, 3.8) is 0 Å². The lowest BCUT2D eigenvalue weighted by atomic mass is 10.0. The first-order valence-electron chi connectivity index (χ1n) is 4.72. The van der Waals surface area contributed by atoms with Crippen LogP contribution in [0.25, 0.3) is 10.9 Å². The van der Waals surface area contributed by atoms with Crippen LogP contribution in [0.3, 0.4) is 0 Å². The van der Waals surface area contributed by atoms with Crippen molar-refractivity contribution in [2.24, 2.45) is 10.2 Å². The van der Waals surface area contributed by atoms with Gasteiger partial charge in [-0.3, -0.25) is 0 Å². The summed E-state index contributed by atoms with van der Waals surface area (Å²) in [7, 11) is 0. The van der Waals surface area contributed by atoms with Crippen molar-refractivity contribution < 1.29 is 13.2 Å². The molecule has 1 aliphatic rings. The van der Waals surface area contributed by atoms with Crippen LogP contribution in [-0.2, 0) is 5.66 Å². The van der Waals surface area contributed by atoms with Gasteiger partial charge < -0.3 is 4.98 Å². The van der Waals surface area contributed by atoms with E-state index < -0.39 is 11.8 Å². The predicted octanol–water partition coefficient (Wildman–Crippen LogP) is 4.11. The summed E-state index contributed by atoms with van der Waals surface area (Å²) in [4.78, 5) is 2.79. The Bertz CT molecular complexity index is 623. The summed E-state index contributed by atoms with van der Waals surface area (Å²) in [5.41, 5.74) is -1.70. The van der Waals surface area contributed by atoms with Crippen molar-refractivity contribution in [1.29, 1.82) is 0 Å². The third-order valence-electron chi connectivity index (χ3n) is 2.71. The summed E-state index contributed by atoms with van der Waals surface area (Å²) in [6, 6.07) is 5.08. The maximum absolute atomic E-state index is 12.9. The van der Waals surface area contributed by atoms with Crippen molar-refractivity contribution in [2.45, 2.75) is 11.8 Å². The monoisotopic (exact) mass is 303 g/mol. The predicted molar refractivity (Wildman–Crippen MR) is 58.6 cm³/mol.